The van der Waals surface area contributed by atoms with Crippen molar-refractivity contribution < 1.29 is 22.7 Å². The minimum absolute atomic E-state index is 0.157. The highest BCUT2D eigenvalue weighted by atomic mass is 32.2. The van der Waals surface area contributed by atoms with E-state index in [0.29, 0.717) is 28.3 Å². The Morgan fingerprint density at radius 2 is 1.58 bits per heavy atom. The van der Waals surface area contributed by atoms with Gasteiger partial charge in [-0.15, -0.1) is 0 Å². The first-order valence-corrected chi connectivity index (χ1v) is 11.9. The highest BCUT2D eigenvalue weighted by Crippen LogP contribution is 2.30. The molecule has 3 aromatic rings. The zero-order valence-electron chi connectivity index (χ0n) is 19.3. The van der Waals surface area contributed by atoms with Gasteiger partial charge in [0.15, 0.2) is 11.5 Å². The second-order valence-corrected chi connectivity index (χ2v) is 9.39. The van der Waals surface area contributed by atoms with E-state index in [2.05, 4.69) is 10.0 Å². The van der Waals surface area contributed by atoms with E-state index >= 15 is 0 Å². The van der Waals surface area contributed by atoms with Gasteiger partial charge >= 0.3 is 0 Å². The van der Waals surface area contributed by atoms with Crippen molar-refractivity contribution in [3.8, 4) is 11.5 Å². The van der Waals surface area contributed by atoms with Gasteiger partial charge in [-0.05, 0) is 68.3 Å². The number of carbonyl (C=O) groups excluding carboxylic acids is 1. The fourth-order valence-corrected chi connectivity index (χ4v) is 4.52. The summed E-state index contributed by atoms with van der Waals surface area (Å²) in [6, 6.07) is 16.6. The number of rotatable bonds is 8. The van der Waals surface area contributed by atoms with Crippen LogP contribution in [0.3, 0.4) is 0 Å². The number of anilines is 1. The van der Waals surface area contributed by atoms with Gasteiger partial charge in [-0.25, -0.2) is 8.42 Å². The lowest BCUT2D eigenvalue weighted by Gasteiger charge is -2.18. The average Bonchev–Trinajstić information content (AvgIpc) is 2.80. The van der Waals surface area contributed by atoms with Gasteiger partial charge in [0, 0.05) is 5.56 Å². The monoisotopic (exact) mass is 468 g/mol. The van der Waals surface area contributed by atoms with Gasteiger partial charge in [0.05, 0.1) is 30.8 Å². The number of benzene rings is 3. The lowest BCUT2D eigenvalue weighted by atomic mass is 10.0. The Labute approximate surface area is 194 Å². The first-order chi connectivity index (χ1) is 15.7. The molecule has 0 aliphatic heterocycles. The topological polar surface area (TPSA) is 93.7 Å². The molecule has 2 N–H and O–H groups in total. The Morgan fingerprint density at radius 3 is 2.21 bits per heavy atom. The zero-order valence-corrected chi connectivity index (χ0v) is 20.1. The Hall–Kier alpha value is -3.52. The van der Waals surface area contributed by atoms with E-state index in [1.807, 2.05) is 26.0 Å². The normalized spacial score (nSPS) is 12.0. The van der Waals surface area contributed by atoms with Crippen LogP contribution in [0.4, 0.5) is 5.69 Å². The van der Waals surface area contributed by atoms with Crippen LogP contribution in [-0.2, 0) is 10.0 Å². The number of hydrogen-bond donors (Lipinski definition) is 2. The first kappa shape index (κ1) is 24.1. The molecule has 0 saturated carbocycles. The molecular weight excluding hydrogens is 440 g/mol. The Bertz CT molecular complexity index is 1250. The molecule has 0 fully saturated rings. The molecule has 1 amide bonds. The van der Waals surface area contributed by atoms with Gasteiger partial charge in [-0.2, -0.15) is 0 Å². The number of sulfonamides is 1. The van der Waals surface area contributed by atoms with E-state index in [1.54, 1.807) is 69.7 Å². The summed E-state index contributed by atoms with van der Waals surface area (Å²) in [5, 5.41) is 2.96. The second kappa shape index (κ2) is 9.95. The third kappa shape index (κ3) is 5.46. The SMILES string of the molecule is COc1ccc([C@@H](C)NC(=O)c2cccc(NS(=O)(=O)c3ccc(C)cc3)c2C)cc1OC. The van der Waals surface area contributed by atoms with Gasteiger partial charge in [0.2, 0.25) is 0 Å². The fourth-order valence-electron chi connectivity index (χ4n) is 3.39. The summed E-state index contributed by atoms with van der Waals surface area (Å²) in [7, 11) is -0.669. The van der Waals surface area contributed by atoms with Crippen molar-refractivity contribution in [3.63, 3.8) is 0 Å². The van der Waals surface area contributed by atoms with E-state index in [4.69, 9.17) is 9.47 Å². The molecule has 0 spiro atoms. The smallest absolute Gasteiger partial charge is 0.261 e. The minimum Gasteiger partial charge on any atom is -0.493 e. The number of ether oxygens (including phenoxy) is 2. The molecule has 3 aromatic carbocycles. The molecule has 3 rings (SSSR count). The van der Waals surface area contributed by atoms with Crippen LogP contribution < -0.4 is 19.5 Å². The largest absolute Gasteiger partial charge is 0.493 e. The van der Waals surface area contributed by atoms with Gasteiger partial charge in [0.1, 0.15) is 0 Å². The molecule has 8 heteroatoms. The Balaban J connectivity index is 1.81. The third-order valence-electron chi connectivity index (χ3n) is 5.41. The number of nitrogens with one attached hydrogen (secondary N) is 2. The summed E-state index contributed by atoms with van der Waals surface area (Å²) in [6.07, 6.45) is 0. The van der Waals surface area contributed by atoms with Gasteiger partial charge in [-0.3, -0.25) is 9.52 Å². The number of amides is 1. The van der Waals surface area contributed by atoms with Gasteiger partial charge in [-0.1, -0.05) is 29.8 Å². The van der Waals surface area contributed by atoms with Crippen molar-refractivity contribution >= 4 is 21.6 Å². The lowest BCUT2D eigenvalue weighted by molar-refractivity contribution is 0.0939. The van der Waals surface area contributed by atoms with E-state index in [0.717, 1.165) is 11.1 Å². The predicted molar refractivity (Wildman–Crippen MR) is 129 cm³/mol. The second-order valence-electron chi connectivity index (χ2n) is 7.71. The Kier molecular flexibility index (Phi) is 7.28. The van der Waals surface area contributed by atoms with Crippen molar-refractivity contribution in [1.82, 2.24) is 5.32 Å². The van der Waals surface area contributed by atoms with Crippen LogP contribution in [0.25, 0.3) is 0 Å². The number of methoxy groups -OCH3 is 2. The molecule has 174 valence electrons. The van der Waals surface area contributed by atoms with Crippen LogP contribution in [0.2, 0.25) is 0 Å². The van der Waals surface area contributed by atoms with E-state index in [9.17, 15) is 13.2 Å². The molecule has 7 nitrogen and oxygen atoms in total. The summed E-state index contributed by atoms with van der Waals surface area (Å²) in [5.41, 5.74) is 3.07. The van der Waals surface area contributed by atoms with Crippen LogP contribution in [0.5, 0.6) is 11.5 Å². The molecule has 0 aliphatic carbocycles. The lowest BCUT2D eigenvalue weighted by Crippen LogP contribution is -2.27. The maximum absolute atomic E-state index is 13.0. The predicted octanol–water partition coefficient (Wildman–Crippen LogP) is 4.61. The summed E-state index contributed by atoms with van der Waals surface area (Å²) in [4.78, 5) is 13.2. The van der Waals surface area contributed by atoms with Crippen LogP contribution in [0.1, 0.15) is 40.0 Å². The van der Waals surface area contributed by atoms with Gasteiger partial charge < -0.3 is 14.8 Å². The molecule has 0 aromatic heterocycles. The summed E-state index contributed by atoms with van der Waals surface area (Å²) < 4.78 is 38.8. The van der Waals surface area contributed by atoms with Crippen molar-refractivity contribution in [2.24, 2.45) is 0 Å². The van der Waals surface area contributed by atoms with E-state index in [-0.39, 0.29) is 16.8 Å². The van der Waals surface area contributed by atoms with Gasteiger partial charge in [0.25, 0.3) is 15.9 Å². The summed E-state index contributed by atoms with van der Waals surface area (Å²) >= 11 is 0. The average molecular weight is 469 g/mol. The van der Waals surface area contributed by atoms with Crippen LogP contribution in [0.15, 0.2) is 65.6 Å². The quantitative estimate of drug-likeness (QED) is 0.503. The maximum atomic E-state index is 13.0. The van der Waals surface area contributed by atoms with Crippen molar-refractivity contribution in [2.75, 3.05) is 18.9 Å². The molecule has 0 bridgehead atoms. The van der Waals surface area contributed by atoms with Crippen molar-refractivity contribution in [3.05, 3.63) is 82.9 Å². The third-order valence-corrected chi connectivity index (χ3v) is 6.79. The minimum atomic E-state index is -3.78. The van der Waals surface area contributed by atoms with E-state index in [1.165, 1.54) is 0 Å². The fraction of sp³-hybridized carbons (Fsp3) is 0.240. The number of hydrogen-bond acceptors (Lipinski definition) is 5. The molecule has 0 saturated heterocycles. The highest BCUT2D eigenvalue weighted by Gasteiger charge is 2.19. The van der Waals surface area contributed by atoms with Crippen molar-refractivity contribution in [1.29, 1.82) is 0 Å². The highest BCUT2D eigenvalue weighted by molar-refractivity contribution is 7.92. The standard InChI is InChI=1S/C25H28N2O5S/c1-16-9-12-20(13-10-16)33(29,30)27-22-8-6-7-21(17(22)2)25(28)26-18(3)19-11-14-23(31-4)24(15-19)32-5/h6-15,18,27H,1-5H3,(H,26,28)/t18-/m1/s1. The molecule has 33 heavy (non-hydrogen) atoms. The molecule has 0 radical (unpaired) electrons. The molecular formula is C25H28N2O5S. The zero-order chi connectivity index (χ0) is 24.2. The van der Waals surface area contributed by atoms with Crippen LogP contribution in [0, 0.1) is 13.8 Å². The van der Waals surface area contributed by atoms with E-state index < -0.39 is 10.0 Å². The summed E-state index contributed by atoms with van der Waals surface area (Å²) in [5.74, 6) is 0.857. The van der Waals surface area contributed by atoms with Crippen molar-refractivity contribution in [2.45, 2.75) is 31.7 Å². The molecule has 1 atom stereocenters. The number of carbonyl (C=O) groups is 1. The summed E-state index contributed by atoms with van der Waals surface area (Å²) in [6.45, 7) is 5.46. The van der Waals surface area contributed by atoms with Crippen LogP contribution in [-0.4, -0.2) is 28.5 Å². The molecule has 0 aliphatic rings. The maximum Gasteiger partial charge on any atom is 0.261 e. The molecule has 0 unspecified atom stereocenters. The number of aryl methyl sites for hydroxylation is 1. The first-order valence-electron chi connectivity index (χ1n) is 10.4. The van der Waals surface area contributed by atoms with Crippen LogP contribution >= 0.6 is 0 Å². The molecule has 0 heterocycles. The Morgan fingerprint density at radius 1 is 0.909 bits per heavy atom.